The molecule has 1 N–H and O–H groups in total. The molecule has 0 aliphatic carbocycles. The monoisotopic (exact) mass is 350 g/mol. The lowest BCUT2D eigenvalue weighted by atomic mass is 10.1. The van der Waals surface area contributed by atoms with Gasteiger partial charge in [-0.05, 0) is 18.2 Å². The number of aromatic nitrogens is 3. The fourth-order valence-electron chi connectivity index (χ4n) is 3.02. The summed E-state index contributed by atoms with van der Waals surface area (Å²) in [6, 6.07) is 12.8. The number of hydrogen-bond donors (Lipinski definition) is 1. The molecule has 0 atom stereocenters. The predicted octanol–water partition coefficient (Wildman–Crippen LogP) is 1.94. The summed E-state index contributed by atoms with van der Waals surface area (Å²) in [5, 5.41) is 6.31. The summed E-state index contributed by atoms with van der Waals surface area (Å²) in [7, 11) is 0. The van der Waals surface area contributed by atoms with Crippen molar-refractivity contribution in [2.24, 2.45) is 0 Å². The maximum absolute atomic E-state index is 12.5. The van der Waals surface area contributed by atoms with Crippen molar-refractivity contribution in [3.8, 4) is 11.5 Å². The van der Waals surface area contributed by atoms with E-state index >= 15 is 0 Å². The number of nitrogens with zero attached hydrogens (tertiary/aromatic N) is 3. The molecule has 0 fully saturated rings. The summed E-state index contributed by atoms with van der Waals surface area (Å²) in [5.74, 6) is 1.51. The number of aryl methyl sites for hydroxylation is 1. The zero-order valence-corrected chi connectivity index (χ0v) is 14.1. The summed E-state index contributed by atoms with van der Waals surface area (Å²) < 4.78 is 5.87. The van der Waals surface area contributed by atoms with Crippen LogP contribution in [0.2, 0.25) is 0 Å². The summed E-state index contributed by atoms with van der Waals surface area (Å²) >= 11 is 0. The minimum atomic E-state index is -0.246. The summed E-state index contributed by atoms with van der Waals surface area (Å²) in [5.41, 5.74) is 2.21. The van der Waals surface area contributed by atoms with Crippen LogP contribution in [0.3, 0.4) is 0 Å². The van der Waals surface area contributed by atoms with Crippen LogP contribution >= 0.6 is 0 Å². The highest BCUT2D eigenvalue weighted by Gasteiger charge is 2.25. The third-order valence-electron chi connectivity index (χ3n) is 4.43. The topological polar surface area (TPSA) is 92.1 Å². The summed E-state index contributed by atoms with van der Waals surface area (Å²) in [4.78, 5) is 29.9. The normalized spacial score (nSPS) is 13.5. The van der Waals surface area contributed by atoms with Crippen LogP contribution in [-0.4, -0.2) is 32.5 Å². The van der Waals surface area contributed by atoms with E-state index in [1.807, 2.05) is 30.3 Å². The van der Waals surface area contributed by atoms with Crippen LogP contribution in [0.1, 0.15) is 23.6 Å². The van der Waals surface area contributed by atoms with Crippen LogP contribution in [0.4, 0.5) is 0 Å². The number of fused-ring (bicyclic) bond motifs is 1. The van der Waals surface area contributed by atoms with E-state index in [0.29, 0.717) is 43.9 Å². The quantitative estimate of drug-likeness (QED) is 0.776. The molecule has 7 nitrogen and oxygen atoms in total. The first kappa shape index (κ1) is 16.3. The molecule has 3 heterocycles. The second-order valence-electron chi connectivity index (χ2n) is 6.23. The van der Waals surface area contributed by atoms with Crippen LogP contribution in [0.25, 0.3) is 11.5 Å². The van der Waals surface area contributed by atoms with Crippen molar-refractivity contribution in [3.63, 3.8) is 0 Å². The first-order valence-corrected chi connectivity index (χ1v) is 8.55. The minimum Gasteiger partial charge on any atom is -0.441 e. The number of carbonyl (C=O) groups excluding carboxylic acids is 1. The molecule has 132 valence electrons. The van der Waals surface area contributed by atoms with Crippen LogP contribution in [0.15, 0.2) is 51.7 Å². The fourth-order valence-corrected chi connectivity index (χ4v) is 3.02. The van der Waals surface area contributed by atoms with Crippen molar-refractivity contribution < 1.29 is 9.21 Å². The standard InChI is InChI=1S/C19H18N4O3/c24-17-8-6-14(21-22-17)7-9-18(25)23-11-10-16-15(12-23)20-19(26-16)13-4-2-1-3-5-13/h1-6,8H,7,9-12H2,(H,22,24). The Morgan fingerprint density at radius 3 is 2.81 bits per heavy atom. The molecule has 0 saturated carbocycles. The Hall–Kier alpha value is -3.22. The second kappa shape index (κ2) is 6.95. The first-order valence-electron chi connectivity index (χ1n) is 8.55. The number of amides is 1. The van der Waals surface area contributed by atoms with Gasteiger partial charge in [-0.1, -0.05) is 18.2 Å². The molecule has 0 spiro atoms. The van der Waals surface area contributed by atoms with Crippen molar-refractivity contribution >= 4 is 5.91 Å². The van der Waals surface area contributed by atoms with E-state index in [4.69, 9.17) is 4.42 Å². The Morgan fingerprint density at radius 2 is 2.04 bits per heavy atom. The van der Waals surface area contributed by atoms with Crippen molar-refractivity contribution in [2.75, 3.05) is 6.54 Å². The third kappa shape index (κ3) is 3.42. The number of oxazole rings is 1. The molecule has 1 aromatic carbocycles. The van der Waals surface area contributed by atoms with Gasteiger partial charge in [0.15, 0.2) is 0 Å². The molecular formula is C19H18N4O3. The van der Waals surface area contributed by atoms with Gasteiger partial charge in [0.05, 0.1) is 12.2 Å². The molecule has 3 aromatic rings. The lowest BCUT2D eigenvalue weighted by Gasteiger charge is -2.25. The Bertz CT molecular complexity index is 957. The van der Waals surface area contributed by atoms with Crippen molar-refractivity contribution in [1.29, 1.82) is 0 Å². The van der Waals surface area contributed by atoms with Crippen molar-refractivity contribution in [3.05, 3.63) is 70.0 Å². The SMILES string of the molecule is O=C(CCc1ccc(=O)[nH]n1)N1CCc2oc(-c3ccccc3)nc2C1. The molecule has 0 radical (unpaired) electrons. The molecule has 1 aliphatic rings. The van der Waals surface area contributed by atoms with Gasteiger partial charge in [-0.25, -0.2) is 10.1 Å². The molecule has 0 bridgehead atoms. The number of aromatic amines is 1. The molecule has 26 heavy (non-hydrogen) atoms. The van der Waals surface area contributed by atoms with E-state index in [9.17, 15) is 9.59 Å². The van der Waals surface area contributed by atoms with Gasteiger partial charge >= 0.3 is 0 Å². The molecule has 0 saturated heterocycles. The molecule has 2 aromatic heterocycles. The Balaban J connectivity index is 1.41. The van der Waals surface area contributed by atoms with Gasteiger partial charge in [-0.15, -0.1) is 0 Å². The van der Waals surface area contributed by atoms with Gasteiger partial charge in [0.25, 0.3) is 5.56 Å². The van der Waals surface area contributed by atoms with E-state index in [0.717, 1.165) is 17.0 Å². The summed E-state index contributed by atoms with van der Waals surface area (Å²) in [6.07, 6.45) is 1.50. The van der Waals surface area contributed by atoms with Gasteiger partial charge in [-0.2, -0.15) is 5.10 Å². The number of hydrogen-bond acceptors (Lipinski definition) is 5. The lowest BCUT2D eigenvalue weighted by Crippen LogP contribution is -2.36. The van der Waals surface area contributed by atoms with E-state index in [2.05, 4.69) is 15.2 Å². The van der Waals surface area contributed by atoms with E-state index in [-0.39, 0.29) is 11.5 Å². The molecule has 1 aliphatic heterocycles. The van der Waals surface area contributed by atoms with Gasteiger partial charge in [0.2, 0.25) is 11.8 Å². The number of carbonyl (C=O) groups is 1. The molecule has 1 amide bonds. The zero-order valence-electron chi connectivity index (χ0n) is 14.1. The van der Waals surface area contributed by atoms with E-state index < -0.39 is 0 Å². The van der Waals surface area contributed by atoms with Crippen LogP contribution in [0.5, 0.6) is 0 Å². The molecular weight excluding hydrogens is 332 g/mol. The highest BCUT2D eigenvalue weighted by Crippen LogP contribution is 2.26. The van der Waals surface area contributed by atoms with Crippen LogP contribution in [0, 0.1) is 0 Å². The predicted molar refractivity (Wildman–Crippen MR) is 94.2 cm³/mol. The van der Waals surface area contributed by atoms with Crippen molar-refractivity contribution in [1.82, 2.24) is 20.1 Å². The zero-order chi connectivity index (χ0) is 17.9. The second-order valence-corrected chi connectivity index (χ2v) is 6.23. The summed E-state index contributed by atoms with van der Waals surface area (Å²) in [6.45, 7) is 1.08. The Kier molecular flexibility index (Phi) is 4.35. The van der Waals surface area contributed by atoms with Crippen molar-refractivity contribution in [2.45, 2.75) is 25.8 Å². The average molecular weight is 350 g/mol. The van der Waals surface area contributed by atoms with Crippen LogP contribution in [-0.2, 0) is 24.2 Å². The molecule has 4 rings (SSSR count). The number of rotatable bonds is 4. The van der Waals surface area contributed by atoms with E-state index in [1.54, 1.807) is 11.0 Å². The average Bonchev–Trinajstić information content (AvgIpc) is 3.11. The minimum absolute atomic E-state index is 0.0490. The highest BCUT2D eigenvalue weighted by atomic mass is 16.4. The highest BCUT2D eigenvalue weighted by molar-refractivity contribution is 5.76. The van der Waals surface area contributed by atoms with Crippen LogP contribution < -0.4 is 5.56 Å². The first-order chi connectivity index (χ1) is 12.7. The number of benzene rings is 1. The van der Waals surface area contributed by atoms with Gasteiger partial charge in [-0.3, -0.25) is 9.59 Å². The maximum atomic E-state index is 12.5. The molecule has 0 unspecified atom stereocenters. The largest absolute Gasteiger partial charge is 0.441 e. The van der Waals surface area contributed by atoms with Gasteiger partial charge < -0.3 is 9.32 Å². The number of H-pyrrole nitrogens is 1. The smallest absolute Gasteiger partial charge is 0.264 e. The lowest BCUT2D eigenvalue weighted by molar-refractivity contribution is -0.132. The van der Waals surface area contributed by atoms with Gasteiger partial charge in [0, 0.05) is 37.4 Å². The Morgan fingerprint density at radius 1 is 1.19 bits per heavy atom. The van der Waals surface area contributed by atoms with Gasteiger partial charge in [0.1, 0.15) is 11.5 Å². The fraction of sp³-hybridized carbons (Fsp3) is 0.263. The van der Waals surface area contributed by atoms with E-state index in [1.165, 1.54) is 6.07 Å². The number of nitrogens with one attached hydrogen (secondary N) is 1. The molecule has 7 heteroatoms. The Labute approximate surface area is 149 Å². The third-order valence-corrected chi connectivity index (χ3v) is 4.43. The maximum Gasteiger partial charge on any atom is 0.264 e.